The minimum Gasteiger partial charge on any atom is -0.504 e. The van der Waals surface area contributed by atoms with Crippen molar-refractivity contribution in [3.05, 3.63) is 51.4 Å². The fraction of sp³-hybridized carbons (Fsp3) is 0.238. The fourth-order valence-electron chi connectivity index (χ4n) is 3.69. The van der Waals surface area contributed by atoms with Crippen molar-refractivity contribution < 1.29 is 33.6 Å². The smallest absolute Gasteiger partial charge is 0.336 e. The Morgan fingerprint density at radius 1 is 1.03 bits per heavy atom. The number of hydrogen-bond acceptors (Lipinski definition) is 8. The zero-order valence-electron chi connectivity index (χ0n) is 15.9. The first-order chi connectivity index (χ1) is 13.8. The van der Waals surface area contributed by atoms with E-state index in [1.807, 2.05) is 0 Å². The maximum Gasteiger partial charge on any atom is 0.336 e. The van der Waals surface area contributed by atoms with E-state index in [1.54, 1.807) is 19.1 Å². The molecule has 150 valence electrons. The summed E-state index contributed by atoms with van der Waals surface area (Å²) in [7, 11) is 2.79. The van der Waals surface area contributed by atoms with Crippen LogP contribution in [-0.2, 0) is 4.79 Å². The molecule has 29 heavy (non-hydrogen) atoms. The maximum absolute atomic E-state index is 12.3. The van der Waals surface area contributed by atoms with Crippen LogP contribution in [0.3, 0.4) is 0 Å². The molecule has 0 bridgehead atoms. The van der Waals surface area contributed by atoms with Crippen molar-refractivity contribution >= 4 is 16.9 Å². The van der Waals surface area contributed by atoms with Gasteiger partial charge < -0.3 is 28.8 Å². The molecule has 0 spiro atoms. The second-order valence-corrected chi connectivity index (χ2v) is 6.77. The highest BCUT2D eigenvalue weighted by molar-refractivity contribution is 5.92. The average molecular weight is 398 g/mol. The number of fused-ring (bicyclic) bond motifs is 3. The molecule has 1 aliphatic heterocycles. The van der Waals surface area contributed by atoms with E-state index in [0.29, 0.717) is 22.1 Å². The number of aromatic hydroxyl groups is 2. The highest BCUT2D eigenvalue weighted by atomic mass is 16.5. The van der Waals surface area contributed by atoms with Gasteiger partial charge in [-0.25, -0.2) is 4.79 Å². The molecule has 4 rings (SSSR count). The molecule has 8 nitrogen and oxygen atoms in total. The summed E-state index contributed by atoms with van der Waals surface area (Å²) in [4.78, 5) is 24.3. The van der Waals surface area contributed by atoms with Gasteiger partial charge in [-0.1, -0.05) is 0 Å². The third-order valence-electron chi connectivity index (χ3n) is 5.05. The molecule has 1 aliphatic rings. The highest BCUT2D eigenvalue weighted by Gasteiger charge is 2.35. The normalized spacial score (nSPS) is 15.7. The molecule has 0 radical (unpaired) electrons. The number of phenolic OH excluding ortho intramolecular Hbond substituents is 2. The summed E-state index contributed by atoms with van der Waals surface area (Å²) in [6.07, 6.45) is -0.0692. The molecule has 2 N–H and O–H groups in total. The zero-order chi connectivity index (χ0) is 20.9. The minimum atomic E-state index is -0.630. The van der Waals surface area contributed by atoms with Crippen molar-refractivity contribution in [1.29, 1.82) is 0 Å². The van der Waals surface area contributed by atoms with Crippen LogP contribution in [0.2, 0.25) is 0 Å². The van der Waals surface area contributed by atoms with Crippen LogP contribution in [0, 0.1) is 6.92 Å². The first-order valence-electron chi connectivity index (χ1n) is 8.80. The first kappa shape index (κ1) is 18.7. The van der Waals surface area contributed by atoms with Gasteiger partial charge in [-0.3, -0.25) is 4.79 Å². The van der Waals surface area contributed by atoms with Crippen LogP contribution in [0.25, 0.3) is 11.0 Å². The van der Waals surface area contributed by atoms with E-state index in [0.717, 1.165) is 0 Å². The molecule has 0 saturated carbocycles. The van der Waals surface area contributed by atoms with Crippen LogP contribution in [-0.4, -0.2) is 30.4 Å². The summed E-state index contributed by atoms with van der Waals surface area (Å²) in [6.45, 7) is 1.72. The fourth-order valence-corrected chi connectivity index (χ4v) is 3.69. The molecular formula is C21H18O8. The lowest BCUT2D eigenvalue weighted by molar-refractivity contribution is -0.135. The summed E-state index contributed by atoms with van der Waals surface area (Å²) in [6, 6.07) is 5.86. The minimum absolute atomic E-state index is 0.0569. The Balaban J connectivity index is 2.07. The number of phenols is 2. The van der Waals surface area contributed by atoms with Crippen LogP contribution in [0.4, 0.5) is 0 Å². The maximum atomic E-state index is 12.3. The molecular weight excluding hydrogens is 380 g/mol. The number of carbonyl (C=O) groups excluding carboxylic acids is 1. The van der Waals surface area contributed by atoms with Crippen LogP contribution < -0.4 is 19.8 Å². The van der Waals surface area contributed by atoms with Gasteiger partial charge in [0.25, 0.3) is 0 Å². The topological polar surface area (TPSA) is 115 Å². The summed E-state index contributed by atoms with van der Waals surface area (Å²) in [5, 5.41) is 21.2. The molecule has 2 heterocycles. The van der Waals surface area contributed by atoms with Crippen LogP contribution in [0.1, 0.15) is 29.0 Å². The number of esters is 1. The summed E-state index contributed by atoms with van der Waals surface area (Å²) in [5.74, 6) is -1.35. The molecule has 1 atom stereocenters. The Kier molecular flexibility index (Phi) is 4.34. The van der Waals surface area contributed by atoms with E-state index in [9.17, 15) is 19.8 Å². The predicted octanol–water partition coefficient (Wildman–Crippen LogP) is 2.97. The third-order valence-corrected chi connectivity index (χ3v) is 5.05. The Morgan fingerprint density at radius 3 is 2.31 bits per heavy atom. The largest absolute Gasteiger partial charge is 0.504 e. The molecule has 1 unspecified atom stereocenters. The van der Waals surface area contributed by atoms with Crippen LogP contribution in [0.5, 0.6) is 28.7 Å². The van der Waals surface area contributed by atoms with Crippen molar-refractivity contribution in [2.24, 2.45) is 0 Å². The van der Waals surface area contributed by atoms with Crippen molar-refractivity contribution in [1.82, 2.24) is 0 Å². The van der Waals surface area contributed by atoms with E-state index in [2.05, 4.69) is 0 Å². The van der Waals surface area contributed by atoms with Gasteiger partial charge in [0.2, 0.25) is 5.75 Å². The number of ether oxygens (including phenoxy) is 3. The number of methoxy groups -OCH3 is 2. The predicted molar refractivity (Wildman–Crippen MR) is 102 cm³/mol. The zero-order valence-corrected chi connectivity index (χ0v) is 15.9. The van der Waals surface area contributed by atoms with Gasteiger partial charge in [0.15, 0.2) is 23.0 Å². The number of hydrogen-bond donors (Lipinski definition) is 2. The van der Waals surface area contributed by atoms with Gasteiger partial charge >= 0.3 is 11.6 Å². The monoisotopic (exact) mass is 398 g/mol. The SMILES string of the molecule is COc1cc(C2CC(=O)Oc3c(O)cc4c(C)cc(=O)oc4c32)cc(OC)c1O. The Labute approximate surface area is 164 Å². The van der Waals surface area contributed by atoms with Gasteiger partial charge in [-0.2, -0.15) is 0 Å². The average Bonchev–Trinajstić information content (AvgIpc) is 2.68. The van der Waals surface area contributed by atoms with Crippen molar-refractivity contribution in [3.63, 3.8) is 0 Å². The van der Waals surface area contributed by atoms with E-state index >= 15 is 0 Å². The molecule has 0 aliphatic carbocycles. The lowest BCUT2D eigenvalue weighted by atomic mass is 9.84. The van der Waals surface area contributed by atoms with Crippen LogP contribution in [0.15, 0.2) is 33.5 Å². The van der Waals surface area contributed by atoms with Gasteiger partial charge in [0.05, 0.1) is 26.2 Å². The first-order valence-corrected chi connectivity index (χ1v) is 8.80. The number of rotatable bonds is 3. The van der Waals surface area contributed by atoms with Crippen molar-refractivity contribution in [3.8, 4) is 28.7 Å². The van der Waals surface area contributed by atoms with Gasteiger partial charge in [-0.15, -0.1) is 0 Å². The van der Waals surface area contributed by atoms with E-state index < -0.39 is 17.5 Å². The molecule has 2 aromatic carbocycles. The van der Waals surface area contributed by atoms with Crippen LogP contribution >= 0.6 is 0 Å². The highest BCUT2D eigenvalue weighted by Crippen LogP contribution is 2.50. The van der Waals surface area contributed by atoms with E-state index in [4.69, 9.17) is 18.6 Å². The molecule has 0 saturated heterocycles. The Morgan fingerprint density at radius 2 is 1.69 bits per heavy atom. The molecule has 8 heteroatoms. The van der Waals surface area contributed by atoms with Gasteiger partial charge in [-0.05, 0) is 36.2 Å². The molecule has 3 aromatic rings. The van der Waals surface area contributed by atoms with Crippen molar-refractivity contribution in [2.75, 3.05) is 14.2 Å². The lowest BCUT2D eigenvalue weighted by Gasteiger charge is -2.27. The van der Waals surface area contributed by atoms with Crippen molar-refractivity contribution in [2.45, 2.75) is 19.3 Å². The molecule has 1 aromatic heterocycles. The summed E-state index contributed by atoms with van der Waals surface area (Å²) in [5.41, 5.74) is 1.22. The van der Waals surface area contributed by atoms with Gasteiger partial charge in [0, 0.05) is 17.4 Å². The lowest BCUT2D eigenvalue weighted by Crippen LogP contribution is -2.22. The quantitative estimate of drug-likeness (QED) is 0.393. The summed E-state index contributed by atoms with van der Waals surface area (Å²) >= 11 is 0. The van der Waals surface area contributed by atoms with E-state index in [1.165, 1.54) is 26.4 Å². The number of aryl methyl sites for hydroxylation is 1. The Bertz CT molecular complexity index is 1180. The molecule has 0 fully saturated rings. The number of benzene rings is 2. The second kappa shape index (κ2) is 6.73. The van der Waals surface area contributed by atoms with E-state index in [-0.39, 0.29) is 40.8 Å². The second-order valence-electron chi connectivity index (χ2n) is 6.77. The van der Waals surface area contributed by atoms with Gasteiger partial charge in [0.1, 0.15) is 5.58 Å². The number of carbonyl (C=O) groups is 1. The standard InChI is InChI=1S/C21H18O8/c1-9-4-16(23)28-20-11(9)7-13(22)21-18(20)12(8-17(24)29-21)10-5-14(26-2)19(25)15(6-10)27-3/h4-7,12,22,25H,8H2,1-3H3. The Hall–Kier alpha value is -3.68. The summed E-state index contributed by atoms with van der Waals surface area (Å²) < 4.78 is 21.2. The molecule has 0 amide bonds. The third kappa shape index (κ3) is 2.93.